The molecule has 6 heteroatoms. The summed E-state index contributed by atoms with van der Waals surface area (Å²) in [5, 5.41) is 6.41. The Bertz CT molecular complexity index is 1010. The SMILES string of the molecule is Cc1cc(C)nc(Nc2cccc(C(=O)NC3CCN(Cc4ccccc4)CC3)c2)n1. The molecule has 2 aromatic carbocycles. The van der Waals surface area contributed by atoms with Crippen LogP contribution in [0.4, 0.5) is 11.6 Å². The Morgan fingerprint density at radius 2 is 1.68 bits per heavy atom. The van der Waals surface area contributed by atoms with E-state index in [0.717, 1.165) is 49.6 Å². The molecule has 1 fully saturated rings. The van der Waals surface area contributed by atoms with Crippen molar-refractivity contribution in [3.05, 3.63) is 83.2 Å². The largest absolute Gasteiger partial charge is 0.349 e. The average Bonchev–Trinajstić information content (AvgIpc) is 2.75. The van der Waals surface area contributed by atoms with E-state index in [1.54, 1.807) is 0 Å². The molecule has 3 aromatic rings. The zero-order chi connectivity index (χ0) is 21.6. The van der Waals surface area contributed by atoms with Crippen LogP contribution in [0, 0.1) is 13.8 Å². The van der Waals surface area contributed by atoms with E-state index in [4.69, 9.17) is 0 Å². The van der Waals surface area contributed by atoms with Crippen molar-refractivity contribution < 1.29 is 4.79 Å². The van der Waals surface area contributed by atoms with Crippen LogP contribution < -0.4 is 10.6 Å². The zero-order valence-corrected chi connectivity index (χ0v) is 18.1. The summed E-state index contributed by atoms with van der Waals surface area (Å²) in [6.07, 6.45) is 1.93. The first-order chi connectivity index (χ1) is 15.0. The Morgan fingerprint density at radius 3 is 2.39 bits per heavy atom. The average molecular weight is 416 g/mol. The maximum absolute atomic E-state index is 12.8. The van der Waals surface area contributed by atoms with E-state index in [1.807, 2.05) is 50.2 Å². The summed E-state index contributed by atoms with van der Waals surface area (Å²) >= 11 is 0. The molecule has 0 bridgehead atoms. The Hall–Kier alpha value is -3.25. The number of nitrogens with one attached hydrogen (secondary N) is 2. The van der Waals surface area contributed by atoms with Crippen LogP contribution >= 0.6 is 0 Å². The summed E-state index contributed by atoms with van der Waals surface area (Å²) < 4.78 is 0. The maximum atomic E-state index is 12.8. The van der Waals surface area contributed by atoms with Crippen LogP contribution in [0.25, 0.3) is 0 Å². The van der Waals surface area contributed by atoms with Gasteiger partial charge in [0.1, 0.15) is 0 Å². The predicted molar refractivity (Wildman–Crippen MR) is 123 cm³/mol. The van der Waals surface area contributed by atoms with Gasteiger partial charge in [-0.1, -0.05) is 36.4 Å². The summed E-state index contributed by atoms with van der Waals surface area (Å²) in [6.45, 7) is 6.83. The molecule has 0 aliphatic carbocycles. The Kier molecular flexibility index (Phi) is 6.57. The van der Waals surface area contributed by atoms with Gasteiger partial charge in [0.05, 0.1) is 0 Å². The number of piperidine rings is 1. The van der Waals surface area contributed by atoms with Crippen LogP contribution in [0.5, 0.6) is 0 Å². The van der Waals surface area contributed by atoms with Crippen LogP contribution in [0.3, 0.4) is 0 Å². The molecule has 2 heterocycles. The smallest absolute Gasteiger partial charge is 0.251 e. The van der Waals surface area contributed by atoms with Crippen molar-refractivity contribution in [2.75, 3.05) is 18.4 Å². The van der Waals surface area contributed by atoms with Crippen molar-refractivity contribution in [3.63, 3.8) is 0 Å². The monoisotopic (exact) mass is 415 g/mol. The molecule has 1 saturated heterocycles. The lowest BCUT2D eigenvalue weighted by Crippen LogP contribution is -2.44. The minimum absolute atomic E-state index is 0.0356. The third-order valence-electron chi connectivity index (χ3n) is 5.53. The molecule has 0 saturated carbocycles. The van der Waals surface area contributed by atoms with Crippen molar-refractivity contribution in [1.82, 2.24) is 20.2 Å². The molecule has 160 valence electrons. The quantitative estimate of drug-likeness (QED) is 0.630. The van der Waals surface area contributed by atoms with Gasteiger partial charge in [0, 0.05) is 48.3 Å². The third kappa shape index (κ3) is 5.89. The van der Waals surface area contributed by atoms with Gasteiger partial charge in [-0.2, -0.15) is 0 Å². The minimum atomic E-state index is -0.0356. The van der Waals surface area contributed by atoms with Gasteiger partial charge >= 0.3 is 0 Å². The lowest BCUT2D eigenvalue weighted by Gasteiger charge is -2.32. The van der Waals surface area contributed by atoms with E-state index in [9.17, 15) is 4.79 Å². The lowest BCUT2D eigenvalue weighted by atomic mass is 10.0. The number of anilines is 2. The number of rotatable bonds is 6. The summed E-state index contributed by atoms with van der Waals surface area (Å²) in [4.78, 5) is 24.1. The fourth-order valence-electron chi connectivity index (χ4n) is 3.99. The van der Waals surface area contributed by atoms with Crippen molar-refractivity contribution >= 4 is 17.5 Å². The molecule has 2 N–H and O–H groups in total. The van der Waals surface area contributed by atoms with Gasteiger partial charge < -0.3 is 10.6 Å². The van der Waals surface area contributed by atoms with Crippen molar-refractivity contribution in [1.29, 1.82) is 0 Å². The number of nitrogens with zero attached hydrogens (tertiary/aromatic N) is 3. The third-order valence-corrected chi connectivity index (χ3v) is 5.53. The number of amides is 1. The number of hydrogen-bond acceptors (Lipinski definition) is 5. The normalized spacial score (nSPS) is 14.9. The van der Waals surface area contributed by atoms with Crippen LogP contribution in [-0.2, 0) is 6.54 Å². The Balaban J connectivity index is 1.31. The predicted octanol–water partition coefficient (Wildman–Crippen LogP) is 4.23. The van der Waals surface area contributed by atoms with E-state index >= 15 is 0 Å². The van der Waals surface area contributed by atoms with Crippen molar-refractivity contribution in [2.24, 2.45) is 0 Å². The zero-order valence-electron chi connectivity index (χ0n) is 18.1. The molecule has 0 unspecified atom stereocenters. The molecule has 1 aliphatic rings. The fourth-order valence-corrected chi connectivity index (χ4v) is 3.99. The second-order valence-corrected chi connectivity index (χ2v) is 8.19. The number of aromatic nitrogens is 2. The van der Waals surface area contributed by atoms with Gasteiger partial charge in [0.2, 0.25) is 5.95 Å². The first-order valence-corrected chi connectivity index (χ1v) is 10.8. The van der Waals surface area contributed by atoms with Gasteiger partial charge in [-0.05, 0) is 56.5 Å². The molecule has 1 aliphatic heterocycles. The van der Waals surface area contributed by atoms with Gasteiger partial charge in [-0.25, -0.2) is 9.97 Å². The van der Waals surface area contributed by atoms with Crippen molar-refractivity contribution in [2.45, 2.75) is 39.3 Å². The summed E-state index contributed by atoms with van der Waals surface area (Å²) in [6, 6.07) is 20.2. The van der Waals surface area contributed by atoms with Crippen molar-refractivity contribution in [3.8, 4) is 0 Å². The number of carbonyl (C=O) groups excluding carboxylic acids is 1. The van der Waals surface area contributed by atoms with E-state index in [1.165, 1.54) is 5.56 Å². The number of hydrogen-bond donors (Lipinski definition) is 2. The minimum Gasteiger partial charge on any atom is -0.349 e. The Labute approximate surface area is 183 Å². The molecular weight excluding hydrogens is 386 g/mol. The Morgan fingerprint density at radius 1 is 0.968 bits per heavy atom. The van der Waals surface area contributed by atoms with Crippen LogP contribution in [0.15, 0.2) is 60.7 Å². The van der Waals surface area contributed by atoms with Crippen LogP contribution in [-0.4, -0.2) is 39.9 Å². The maximum Gasteiger partial charge on any atom is 0.251 e. The highest BCUT2D eigenvalue weighted by Crippen LogP contribution is 2.18. The number of carbonyl (C=O) groups is 1. The van der Waals surface area contributed by atoms with Gasteiger partial charge in [0.15, 0.2) is 0 Å². The first-order valence-electron chi connectivity index (χ1n) is 10.8. The highest BCUT2D eigenvalue weighted by atomic mass is 16.1. The number of likely N-dealkylation sites (tertiary alicyclic amines) is 1. The standard InChI is InChI=1S/C25H29N5O/c1-18-15-19(2)27-25(26-18)29-23-10-6-9-21(16-23)24(31)28-22-11-13-30(14-12-22)17-20-7-4-3-5-8-20/h3-10,15-16,22H,11-14,17H2,1-2H3,(H,28,31)(H,26,27,29). The summed E-state index contributed by atoms with van der Waals surface area (Å²) in [7, 11) is 0. The second kappa shape index (κ2) is 9.71. The first kappa shape index (κ1) is 21.0. The molecular formula is C25H29N5O. The highest BCUT2D eigenvalue weighted by Gasteiger charge is 2.21. The van der Waals surface area contributed by atoms with Crippen LogP contribution in [0.2, 0.25) is 0 Å². The molecule has 0 spiro atoms. The highest BCUT2D eigenvalue weighted by molar-refractivity contribution is 5.95. The fraction of sp³-hybridized carbons (Fsp3) is 0.320. The molecule has 6 nitrogen and oxygen atoms in total. The topological polar surface area (TPSA) is 70.2 Å². The van der Waals surface area contributed by atoms with Gasteiger partial charge in [-0.3, -0.25) is 9.69 Å². The molecule has 0 atom stereocenters. The van der Waals surface area contributed by atoms with E-state index in [0.29, 0.717) is 11.5 Å². The number of aryl methyl sites for hydroxylation is 2. The van der Waals surface area contributed by atoms with Gasteiger partial charge in [-0.15, -0.1) is 0 Å². The van der Waals surface area contributed by atoms with Crippen LogP contribution in [0.1, 0.15) is 40.2 Å². The molecule has 4 rings (SSSR count). The summed E-state index contributed by atoms with van der Waals surface area (Å²) in [5.41, 5.74) is 4.59. The summed E-state index contributed by atoms with van der Waals surface area (Å²) in [5.74, 6) is 0.507. The van der Waals surface area contributed by atoms with E-state index < -0.39 is 0 Å². The molecule has 31 heavy (non-hydrogen) atoms. The molecule has 0 radical (unpaired) electrons. The van der Waals surface area contributed by atoms with E-state index in [2.05, 4.69) is 49.8 Å². The molecule has 1 aromatic heterocycles. The second-order valence-electron chi connectivity index (χ2n) is 8.19. The van der Waals surface area contributed by atoms with E-state index in [-0.39, 0.29) is 11.9 Å². The number of benzene rings is 2. The van der Waals surface area contributed by atoms with Gasteiger partial charge in [0.25, 0.3) is 5.91 Å². The lowest BCUT2D eigenvalue weighted by molar-refractivity contribution is 0.0909. The molecule has 1 amide bonds.